The second kappa shape index (κ2) is 9.09. The van der Waals surface area contributed by atoms with Crippen molar-refractivity contribution in [2.24, 2.45) is 0 Å². The van der Waals surface area contributed by atoms with Gasteiger partial charge in [0.05, 0.1) is 0 Å². The summed E-state index contributed by atoms with van der Waals surface area (Å²) in [5.41, 5.74) is 1.26. The molecule has 2 aromatic rings. The molecule has 1 unspecified atom stereocenters. The van der Waals surface area contributed by atoms with Gasteiger partial charge in [-0.15, -0.1) is 22.9 Å². The number of fused-ring (bicyclic) bond motifs is 3. The van der Waals surface area contributed by atoms with Crippen molar-refractivity contribution in [3.05, 3.63) is 18.2 Å². The van der Waals surface area contributed by atoms with Crippen LogP contribution >= 0.6 is 0 Å². The van der Waals surface area contributed by atoms with Crippen molar-refractivity contribution in [2.75, 3.05) is 5.32 Å². The zero-order valence-corrected chi connectivity index (χ0v) is 25.7. The van der Waals surface area contributed by atoms with Crippen LogP contribution in [-0.2, 0) is 21.7 Å². The van der Waals surface area contributed by atoms with Gasteiger partial charge in [-0.2, -0.15) is 10.4 Å². The van der Waals surface area contributed by atoms with Crippen LogP contribution in [-0.4, -0.2) is 29.0 Å². The molecule has 0 saturated carbocycles. The molecule has 1 aliphatic rings. The number of rotatable bonds is 5. The van der Waals surface area contributed by atoms with Crippen LogP contribution in [0, 0.1) is 0 Å². The molecular formula is C21H36Cl2NOSi3Ti. The Balaban J connectivity index is 0.00000261. The third kappa shape index (κ3) is 5.24. The van der Waals surface area contributed by atoms with Crippen LogP contribution in [0.25, 0.3) is 10.8 Å². The van der Waals surface area contributed by atoms with Gasteiger partial charge < -0.3 is 34.6 Å². The molecule has 1 N–H and O–H groups in total. The molecule has 0 saturated heterocycles. The molecule has 1 aliphatic heterocycles. The molecule has 29 heavy (non-hydrogen) atoms. The maximum Gasteiger partial charge on any atom is 3.00 e. The van der Waals surface area contributed by atoms with E-state index in [9.17, 15) is 0 Å². The molecule has 1 atom stereocenters. The van der Waals surface area contributed by atoms with Crippen LogP contribution in [0.1, 0.15) is 27.7 Å². The average molecular weight is 522 g/mol. The van der Waals surface area contributed by atoms with Crippen LogP contribution in [0.5, 0.6) is 5.75 Å². The largest absolute Gasteiger partial charge is 3.00 e. The Bertz CT molecular complexity index is 871. The predicted octanol–water partition coefficient (Wildman–Crippen LogP) is -0.699. The van der Waals surface area contributed by atoms with Crippen LogP contribution in [0.4, 0.5) is 5.69 Å². The first-order chi connectivity index (χ1) is 11.7. The Morgan fingerprint density at radius 3 is 2.07 bits per heavy atom. The van der Waals surface area contributed by atoms with Crippen LogP contribution < -0.4 is 44.9 Å². The van der Waals surface area contributed by atoms with E-state index in [1.807, 2.05) is 0 Å². The van der Waals surface area contributed by atoms with E-state index in [2.05, 4.69) is 90.5 Å². The van der Waals surface area contributed by atoms with Crippen molar-refractivity contribution in [2.45, 2.75) is 78.6 Å². The second-order valence-electron chi connectivity index (χ2n) is 10.8. The zero-order chi connectivity index (χ0) is 19.7. The van der Waals surface area contributed by atoms with Crippen molar-refractivity contribution in [1.82, 2.24) is 0 Å². The van der Waals surface area contributed by atoms with E-state index in [1.165, 1.54) is 22.5 Å². The van der Waals surface area contributed by atoms with Gasteiger partial charge in [0.2, 0.25) is 8.32 Å². The predicted molar refractivity (Wildman–Crippen MR) is 126 cm³/mol. The smallest absolute Gasteiger partial charge is 1.00 e. The van der Waals surface area contributed by atoms with Gasteiger partial charge in [0.1, 0.15) is 5.75 Å². The first-order valence-electron chi connectivity index (χ1n) is 9.96. The molecule has 161 valence electrons. The quantitative estimate of drug-likeness (QED) is 0.416. The Kier molecular flexibility index (Phi) is 9.20. The van der Waals surface area contributed by atoms with Crippen molar-refractivity contribution >= 4 is 50.3 Å². The van der Waals surface area contributed by atoms with Gasteiger partial charge in [0.25, 0.3) is 0 Å². The van der Waals surface area contributed by atoms with E-state index in [0.717, 1.165) is 5.75 Å². The number of anilines is 1. The molecule has 8 heteroatoms. The van der Waals surface area contributed by atoms with Gasteiger partial charge in [0, 0.05) is 26.4 Å². The van der Waals surface area contributed by atoms with Gasteiger partial charge in [-0.05, 0) is 40.4 Å². The van der Waals surface area contributed by atoms with Gasteiger partial charge in [-0.25, -0.2) is 0 Å². The molecular weight excluding hydrogens is 485 g/mol. The van der Waals surface area contributed by atoms with Gasteiger partial charge in [0.15, 0.2) is 0 Å². The number of benzene rings is 1. The van der Waals surface area contributed by atoms with Crippen LogP contribution in [0.15, 0.2) is 18.2 Å². The Hall–Kier alpha value is 0.375. The Morgan fingerprint density at radius 1 is 1.07 bits per heavy atom. The molecule has 3 rings (SSSR count). The molecule has 0 aromatic heterocycles. The van der Waals surface area contributed by atoms with E-state index < -0.39 is 23.5 Å². The van der Waals surface area contributed by atoms with Crippen molar-refractivity contribution in [1.29, 1.82) is 0 Å². The fourth-order valence-corrected chi connectivity index (χ4v) is 17.7. The summed E-state index contributed by atoms with van der Waals surface area (Å²) in [7, 11) is -4.26. The fraction of sp³-hybridized carbons (Fsp3) is 0.571. The molecule has 1 radical (unpaired) electrons. The molecule has 0 amide bonds. The van der Waals surface area contributed by atoms with E-state index in [1.54, 1.807) is 10.4 Å². The topological polar surface area (TPSA) is 21.3 Å². The van der Waals surface area contributed by atoms with Crippen LogP contribution in [0.2, 0.25) is 45.3 Å². The van der Waals surface area contributed by atoms with E-state index in [4.69, 9.17) is 4.43 Å². The van der Waals surface area contributed by atoms with E-state index >= 15 is 0 Å². The minimum absolute atomic E-state index is 0. The summed E-state index contributed by atoms with van der Waals surface area (Å²) in [6.45, 7) is 23.8. The summed E-state index contributed by atoms with van der Waals surface area (Å²) in [5.74, 6) is 1.05. The summed E-state index contributed by atoms with van der Waals surface area (Å²) in [4.78, 5) is 0. The normalized spacial score (nSPS) is 18.1. The van der Waals surface area contributed by atoms with Crippen molar-refractivity contribution < 1.29 is 51.0 Å². The number of hydrogen-bond acceptors (Lipinski definition) is 2. The summed E-state index contributed by atoms with van der Waals surface area (Å²) in [6, 6.07) is 8.35. The minimum Gasteiger partial charge on any atom is -1.00 e. The SMILES string of the molecule is CC[Si](C)(C)[Si]1(C)c2[cH-]c3ccc(O[Si](C)(C)C)c(NC(C)(C)C)c3c21.[Cl-].[Cl-].[Ti+3]. The molecule has 1 heterocycles. The Labute approximate surface area is 208 Å². The van der Waals surface area contributed by atoms with Gasteiger partial charge in [-0.1, -0.05) is 38.7 Å². The van der Waals surface area contributed by atoms with Gasteiger partial charge >= 0.3 is 21.7 Å². The summed E-state index contributed by atoms with van der Waals surface area (Å²) < 4.78 is 6.52. The van der Waals surface area contributed by atoms with Gasteiger partial charge in [-0.3, -0.25) is 0 Å². The average Bonchev–Trinajstić information content (AvgIpc) is 2.89. The molecule has 2 aromatic carbocycles. The first kappa shape index (κ1) is 29.4. The number of nitrogens with one attached hydrogen (secondary N) is 1. The first-order valence-corrected chi connectivity index (χ1v) is 20.1. The maximum absolute atomic E-state index is 6.52. The maximum atomic E-state index is 6.52. The zero-order valence-electron chi connectivity index (χ0n) is 19.6. The van der Waals surface area contributed by atoms with Crippen molar-refractivity contribution in [3.8, 4) is 5.75 Å². The monoisotopic (exact) mass is 520 g/mol. The summed E-state index contributed by atoms with van der Waals surface area (Å²) in [5, 5.41) is 10.2. The summed E-state index contributed by atoms with van der Waals surface area (Å²) >= 11 is 0. The molecule has 0 aliphatic carbocycles. The second-order valence-corrected chi connectivity index (χ2v) is 30.0. The molecule has 0 fully saturated rings. The minimum atomic E-state index is -1.67. The van der Waals surface area contributed by atoms with Crippen molar-refractivity contribution in [3.63, 3.8) is 0 Å². The third-order valence-corrected chi connectivity index (χ3v) is 24.9. The van der Waals surface area contributed by atoms with E-state index in [0.29, 0.717) is 0 Å². The van der Waals surface area contributed by atoms with E-state index in [-0.39, 0.29) is 52.1 Å². The number of hydrogen-bond donors (Lipinski definition) is 1. The third-order valence-electron chi connectivity index (χ3n) is 6.15. The Morgan fingerprint density at radius 2 is 1.62 bits per heavy atom. The van der Waals surface area contributed by atoms with Crippen LogP contribution in [0.3, 0.4) is 0 Å². The molecule has 0 bridgehead atoms. The molecule has 2 nitrogen and oxygen atoms in total. The fourth-order valence-electron chi connectivity index (χ4n) is 4.12. The standard InChI is InChI=1S/C21H36NOSi3.2ClH.Ti/c1-11-25(8,9)26(10)17-14-15-12-13-16(23-24(5,6)7)19(18(15)20(17)26)22-21(2,3)4;;;/h12-14,22H,11H2,1-10H3;2*1H;/q-1;;;+3/p-2. The summed E-state index contributed by atoms with van der Waals surface area (Å²) in [6.07, 6.45) is 0. The number of halogens is 2. The molecule has 0 spiro atoms.